The Morgan fingerprint density at radius 1 is 0.774 bits per heavy atom. The SMILES string of the molecule is COc1cc(OC)c2c(c1)OC(n1cccc1)CC2c1cc(OC)c(OC)c(OC)c1. The third-order valence-electron chi connectivity index (χ3n) is 5.63. The first-order valence-electron chi connectivity index (χ1n) is 9.98. The Morgan fingerprint density at radius 2 is 1.42 bits per heavy atom. The van der Waals surface area contributed by atoms with Gasteiger partial charge in [-0.15, -0.1) is 0 Å². The Hall–Kier alpha value is -3.48. The molecule has 164 valence electrons. The van der Waals surface area contributed by atoms with Crippen LogP contribution < -0.4 is 28.4 Å². The maximum Gasteiger partial charge on any atom is 0.203 e. The van der Waals surface area contributed by atoms with E-state index in [9.17, 15) is 0 Å². The number of hydrogen-bond donors (Lipinski definition) is 0. The summed E-state index contributed by atoms with van der Waals surface area (Å²) in [6, 6.07) is 11.7. The monoisotopic (exact) mass is 425 g/mol. The largest absolute Gasteiger partial charge is 0.496 e. The summed E-state index contributed by atoms with van der Waals surface area (Å²) in [6.07, 6.45) is 4.50. The average Bonchev–Trinajstić information content (AvgIpc) is 3.36. The van der Waals surface area contributed by atoms with Crippen molar-refractivity contribution in [1.29, 1.82) is 0 Å². The van der Waals surface area contributed by atoms with E-state index in [1.54, 1.807) is 35.5 Å². The van der Waals surface area contributed by atoms with Gasteiger partial charge in [0.2, 0.25) is 5.75 Å². The van der Waals surface area contributed by atoms with Gasteiger partial charge in [-0.3, -0.25) is 0 Å². The van der Waals surface area contributed by atoms with E-state index >= 15 is 0 Å². The number of benzene rings is 2. The number of ether oxygens (including phenoxy) is 6. The highest BCUT2D eigenvalue weighted by Crippen LogP contribution is 2.51. The Morgan fingerprint density at radius 3 is 1.97 bits per heavy atom. The molecular formula is C24H27NO6. The molecule has 1 aromatic heterocycles. The van der Waals surface area contributed by atoms with Gasteiger partial charge in [0.15, 0.2) is 17.7 Å². The van der Waals surface area contributed by atoms with E-state index in [-0.39, 0.29) is 12.1 Å². The maximum absolute atomic E-state index is 6.39. The van der Waals surface area contributed by atoms with E-state index in [1.165, 1.54) is 0 Å². The maximum atomic E-state index is 6.39. The fourth-order valence-corrected chi connectivity index (χ4v) is 4.15. The lowest BCUT2D eigenvalue weighted by Gasteiger charge is -2.34. The van der Waals surface area contributed by atoms with Crippen molar-refractivity contribution in [1.82, 2.24) is 4.57 Å². The minimum absolute atomic E-state index is 0.0364. The van der Waals surface area contributed by atoms with Crippen LogP contribution in [0.15, 0.2) is 48.8 Å². The Labute approximate surface area is 182 Å². The highest BCUT2D eigenvalue weighted by Gasteiger charge is 2.35. The standard InChI is InChI=1S/C24H27NO6/c1-26-16-12-18(27-2)23-17(14-22(31-19(23)13-16)25-8-6-7-9-25)15-10-20(28-3)24(30-5)21(11-15)29-4/h6-13,17,22H,14H2,1-5H3. The molecule has 0 radical (unpaired) electrons. The van der Waals surface area contributed by atoms with Crippen LogP contribution in [0, 0.1) is 0 Å². The molecule has 2 unspecified atom stereocenters. The van der Waals surface area contributed by atoms with Gasteiger partial charge >= 0.3 is 0 Å². The van der Waals surface area contributed by atoms with E-state index in [2.05, 4.69) is 4.57 Å². The molecule has 7 nitrogen and oxygen atoms in total. The first kappa shape index (κ1) is 20.8. The van der Waals surface area contributed by atoms with Crippen LogP contribution >= 0.6 is 0 Å². The molecule has 4 rings (SSSR count). The first-order chi connectivity index (χ1) is 15.1. The van der Waals surface area contributed by atoms with Crippen LogP contribution in [0.1, 0.15) is 29.7 Å². The zero-order valence-electron chi connectivity index (χ0n) is 18.4. The molecule has 0 amide bonds. The molecule has 1 aliphatic rings. The summed E-state index contributed by atoms with van der Waals surface area (Å²) in [5, 5.41) is 0. The van der Waals surface area contributed by atoms with E-state index in [4.69, 9.17) is 28.4 Å². The second-order valence-corrected chi connectivity index (χ2v) is 7.19. The van der Waals surface area contributed by atoms with Crippen LogP contribution in [0.4, 0.5) is 0 Å². The predicted molar refractivity (Wildman–Crippen MR) is 116 cm³/mol. The van der Waals surface area contributed by atoms with E-state index < -0.39 is 0 Å². The fraction of sp³-hybridized carbons (Fsp3) is 0.333. The van der Waals surface area contributed by atoms with Crippen LogP contribution in [-0.4, -0.2) is 40.1 Å². The molecule has 31 heavy (non-hydrogen) atoms. The lowest BCUT2D eigenvalue weighted by atomic mass is 9.84. The van der Waals surface area contributed by atoms with E-state index in [0.29, 0.717) is 35.2 Å². The summed E-state index contributed by atoms with van der Waals surface area (Å²) in [6.45, 7) is 0. The molecule has 0 bridgehead atoms. The van der Waals surface area contributed by atoms with Crippen molar-refractivity contribution in [3.8, 4) is 34.5 Å². The lowest BCUT2D eigenvalue weighted by molar-refractivity contribution is 0.0980. The molecule has 2 aromatic carbocycles. The molecule has 2 heterocycles. The molecule has 3 aromatic rings. The van der Waals surface area contributed by atoms with Crippen molar-refractivity contribution in [2.75, 3.05) is 35.5 Å². The first-order valence-corrected chi connectivity index (χ1v) is 9.98. The van der Waals surface area contributed by atoms with Crippen molar-refractivity contribution in [3.05, 3.63) is 59.9 Å². The summed E-state index contributed by atoms with van der Waals surface area (Å²) in [4.78, 5) is 0. The van der Waals surface area contributed by atoms with Gasteiger partial charge in [-0.25, -0.2) is 0 Å². The number of fused-ring (bicyclic) bond motifs is 1. The van der Waals surface area contributed by atoms with Gasteiger partial charge < -0.3 is 33.0 Å². The zero-order valence-corrected chi connectivity index (χ0v) is 18.4. The van der Waals surface area contributed by atoms with Crippen LogP contribution in [0.5, 0.6) is 34.5 Å². The van der Waals surface area contributed by atoms with Crippen LogP contribution in [0.3, 0.4) is 0 Å². The minimum Gasteiger partial charge on any atom is -0.496 e. The van der Waals surface area contributed by atoms with Crippen molar-refractivity contribution < 1.29 is 28.4 Å². The van der Waals surface area contributed by atoms with Crippen LogP contribution in [0.2, 0.25) is 0 Å². The van der Waals surface area contributed by atoms with Crippen molar-refractivity contribution in [3.63, 3.8) is 0 Å². The Kier molecular flexibility index (Phi) is 5.84. The topological polar surface area (TPSA) is 60.3 Å². The molecule has 0 fully saturated rings. The Bertz CT molecular complexity index is 1020. The molecular weight excluding hydrogens is 398 g/mol. The summed E-state index contributed by atoms with van der Waals surface area (Å²) >= 11 is 0. The van der Waals surface area contributed by atoms with Crippen LogP contribution in [-0.2, 0) is 0 Å². The molecule has 0 saturated carbocycles. The highest BCUT2D eigenvalue weighted by atomic mass is 16.5. The van der Waals surface area contributed by atoms with E-state index in [1.807, 2.05) is 48.8 Å². The second kappa shape index (κ2) is 8.71. The van der Waals surface area contributed by atoms with Gasteiger partial charge in [0.1, 0.15) is 17.2 Å². The van der Waals surface area contributed by atoms with Crippen LogP contribution in [0.25, 0.3) is 0 Å². The van der Waals surface area contributed by atoms with Gasteiger partial charge in [-0.2, -0.15) is 0 Å². The normalized spacial score (nSPS) is 17.3. The van der Waals surface area contributed by atoms with Crippen molar-refractivity contribution >= 4 is 0 Å². The van der Waals surface area contributed by atoms with Gasteiger partial charge in [0, 0.05) is 42.4 Å². The van der Waals surface area contributed by atoms with Gasteiger partial charge in [0.25, 0.3) is 0 Å². The number of aromatic nitrogens is 1. The number of rotatable bonds is 7. The Balaban J connectivity index is 1.91. The molecule has 0 spiro atoms. The van der Waals surface area contributed by atoms with Gasteiger partial charge in [-0.05, 0) is 29.8 Å². The molecule has 2 atom stereocenters. The fourth-order valence-electron chi connectivity index (χ4n) is 4.15. The molecule has 7 heteroatoms. The van der Waals surface area contributed by atoms with Crippen molar-refractivity contribution in [2.24, 2.45) is 0 Å². The lowest BCUT2D eigenvalue weighted by Crippen LogP contribution is -2.24. The molecule has 1 aliphatic heterocycles. The highest BCUT2D eigenvalue weighted by molar-refractivity contribution is 5.60. The van der Waals surface area contributed by atoms with Crippen molar-refractivity contribution in [2.45, 2.75) is 18.6 Å². The minimum atomic E-state index is -0.191. The average molecular weight is 425 g/mol. The quantitative estimate of drug-likeness (QED) is 0.549. The van der Waals surface area contributed by atoms with E-state index in [0.717, 1.165) is 16.9 Å². The number of methoxy groups -OCH3 is 5. The summed E-state index contributed by atoms with van der Waals surface area (Å²) in [7, 11) is 8.12. The van der Waals surface area contributed by atoms with Gasteiger partial charge in [0.05, 0.1) is 35.5 Å². The summed E-state index contributed by atoms with van der Waals surface area (Å²) in [5.41, 5.74) is 1.97. The molecule has 0 saturated heterocycles. The zero-order chi connectivity index (χ0) is 22.0. The molecule has 0 N–H and O–H groups in total. The second-order valence-electron chi connectivity index (χ2n) is 7.19. The summed E-state index contributed by atoms with van der Waals surface area (Å²) in [5.74, 6) is 3.84. The third-order valence-corrected chi connectivity index (χ3v) is 5.63. The number of nitrogens with zero attached hydrogens (tertiary/aromatic N) is 1. The summed E-state index contributed by atoms with van der Waals surface area (Å²) < 4.78 is 36.3. The number of hydrogen-bond acceptors (Lipinski definition) is 6. The third kappa shape index (κ3) is 3.71. The predicted octanol–water partition coefficient (Wildman–Crippen LogP) is 4.64. The van der Waals surface area contributed by atoms with Gasteiger partial charge in [-0.1, -0.05) is 0 Å². The smallest absolute Gasteiger partial charge is 0.203 e. The molecule has 0 aliphatic carbocycles.